The van der Waals surface area contributed by atoms with Gasteiger partial charge in [-0.2, -0.15) is 26.3 Å². The van der Waals surface area contributed by atoms with Crippen molar-refractivity contribution < 1.29 is 88.6 Å². The first-order valence-corrected chi connectivity index (χ1v) is 38.6. The van der Waals surface area contributed by atoms with Crippen molar-refractivity contribution in [2.75, 3.05) is 89.2 Å². The number of halogens is 7. The summed E-state index contributed by atoms with van der Waals surface area (Å²) < 4.78 is 90.9. The number of rotatable bonds is 14. The van der Waals surface area contributed by atoms with Crippen molar-refractivity contribution in [2.24, 2.45) is 40.9 Å². The summed E-state index contributed by atoms with van der Waals surface area (Å²) in [5.74, 6) is -14.3. The first kappa shape index (κ1) is 89.1. The van der Waals surface area contributed by atoms with Crippen molar-refractivity contribution in [3.63, 3.8) is 0 Å². The van der Waals surface area contributed by atoms with E-state index in [1.165, 1.54) is 76.0 Å². The molecule has 3 saturated carbocycles. The van der Waals surface area contributed by atoms with Gasteiger partial charge in [0.2, 0.25) is 70.9 Å². The second-order valence-corrected chi connectivity index (χ2v) is 33.1. The van der Waals surface area contributed by atoms with Crippen LogP contribution in [-0.2, 0) is 62.3 Å². The molecule has 1 spiro atoms. The highest BCUT2D eigenvalue weighted by Gasteiger charge is 2.59. The van der Waals surface area contributed by atoms with E-state index in [1.54, 1.807) is 39.8 Å². The number of carbonyl (C=O) groups is 12. The van der Waals surface area contributed by atoms with Gasteiger partial charge in [-0.05, 0) is 139 Å². The first-order valence-electron chi connectivity index (χ1n) is 38.2. The molecule has 3 heterocycles. The zero-order valence-electron chi connectivity index (χ0n) is 65.5. The summed E-state index contributed by atoms with van der Waals surface area (Å²) in [5, 5.41) is 7.31. The maximum absolute atomic E-state index is 15.6. The van der Waals surface area contributed by atoms with Crippen molar-refractivity contribution >= 4 is 82.5 Å². The molecular formula is C75H119ClF6N12O13. The standard InChI is InChI=1S/C75H119ClF6N12O13/c1-17-23-53-63(98)84-62(45(6)18-2)70(105)88(12)41-61(97)90(14)54-24-21-20-22-33-93(69(54)104)58(36-47-25-29-48(30-26-47)74(77,78)79)67(102)87(11)40-59(95)83-52(32-28-46-27-31-50(51(76)35-46)75(80,81)82)65(100)94-39-49(107-19-3)37-55(94)64(99)85-73(42-72(7,8)43-73)71(106)92(16)56(34-44(4)5)68(103)91(15)57(66(101)86(9)10)38-60(96)89(53)13/h20-21,44-58,62H,17-19,22-43H2,1-16H3,(H,83,95)(H,84,98)(H,85,99)/b21-20-/t45-,46?,47?,48?,49+,50?,51?,52-,53-,54-,55-,56-,57-,58-,62-/m0/s1. The predicted molar refractivity (Wildman–Crippen MR) is 388 cm³/mol. The van der Waals surface area contributed by atoms with Crippen molar-refractivity contribution in [2.45, 2.75) is 262 Å². The number of fused-ring (bicyclic) bond motifs is 3. The van der Waals surface area contributed by atoms with Gasteiger partial charge in [0.15, 0.2) is 0 Å². The monoisotopic (exact) mass is 1540 g/mol. The number of carbonyl (C=O) groups excluding carboxylic acids is 12. The van der Waals surface area contributed by atoms with Crippen LogP contribution in [0.15, 0.2) is 12.2 Å². The lowest BCUT2D eigenvalue weighted by molar-refractivity contribution is -0.184. The van der Waals surface area contributed by atoms with Gasteiger partial charge in [0, 0.05) is 87.9 Å². The molecule has 2 saturated heterocycles. The van der Waals surface area contributed by atoms with Crippen molar-refractivity contribution in [1.82, 2.24) is 60.0 Å². The third kappa shape index (κ3) is 22.5. The Labute approximate surface area is 632 Å². The van der Waals surface area contributed by atoms with Crippen LogP contribution in [-0.4, -0.2) is 282 Å². The van der Waals surface area contributed by atoms with Crippen LogP contribution in [0.1, 0.15) is 184 Å². The molecule has 13 atom stereocenters. The van der Waals surface area contributed by atoms with Crippen LogP contribution in [0.5, 0.6) is 0 Å². The maximum atomic E-state index is 15.6. The minimum atomic E-state index is -4.58. The average Bonchev–Trinajstić information content (AvgIpc) is 1.31. The van der Waals surface area contributed by atoms with E-state index in [0.29, 0.717) is 12.8 Å². The zero-order valence-corrected chi connectivity index (χ0v) is 66.3. The fourth-order valence-electron chi connectivity index (χ4n) is 16.7. The van der Waals surface area contributed by atoms with E-state index < -0.39 is 203 Å². The van der Waals surface area contributed by atoms with E-state index in [0.717, 1.165) is 24.5 Å². The number of hydrogen-bond acceptors (Lipinski definition) is 13. The lowest BCUT2D eigenvalue weighted by Gasteiger charge is -2.54. The number of alkyl halides is 7. The average molecular weight is 1550 g/mol. The maximum Gasteiger partial charge on any atom is 0.393 e. The summed E-state index contributed by atoms with van der Waals surface area (Å²) in [7, 11) is 11.0. The van der Waals surface area contributed by atoms with Crippen molar-refractivity contribution in [3.05, 3.63) is 12.2 Å². The Kier molecular flexibility index (Phi) is 31.4. The third-order valence-electron chi connectivity index (χ3n) is 23.1. The smallest absolute Gasteiger partial charge is 0.377 e. The largest absolute Gasteiger partial charge is 0.393 e. The molecule has 0 aromatic heterocycles. The van der Waals surface area contributed by atoms with Crippen molar-refractivity contribution in [3.8, 4) is 0 Å². The molecule has 3 N–H and O–H groups in total. The van der Waals surface area contributed by atoms with E-state index in [2.05, 4.69) is 16.0 Å². The number of nitrogens with zero attached hydrogens (tertiary/aromatic N) is 9. The van der Waals surface area contributed by atoms with E-state index in [1.807, 2.05) is 27.7 Å². The molecule has 6 rings (SSSR count). The predicted octanol–water partition coefficient (Wildman–Crippen LogP) is 6.92. The third-order valence-corrected chi connectivity index (χ3v) is 23.6. The number of nitrogens with one attached hydrogen (secondary N) is 3. The molecule has 0 radical (unpaired) electrons. The molecule has 606 valence electrons. The Morgan fingerprint density at radius 2 is 1.28 bits per heavy atom. The highest BCUT2D eigenvalue weighted by atomic mass is 35.5. The van der Waals surface area contributed by atoms with Crippen LogP contribution in [0, 0.1) is 40.9 Å². The molecule has 5 fully saturated rings. The van der Waals surface area contributed by atoms with E-state index in [9.17, 15) is 55.1 Å². The minimum Gasteiger partial charge on any atom is -0.377 e. The van der Waals surface area contributed by atoms with Crippen molar-refractivity contribution in [1.29, 1.82) is 0 Å². The van der Waals surface area contributed by atoms with Gasteiger partial charge in [-0.25, -0.2) is 0 Å². The Bertz CT molecular complexity index is 3200. The van der Waals surface area contributed by atoms with E-state index in [4.69, 9.17) is 16.3 Å². The van der Waals surface area contributed by atoms with Crippen LogP contribution in [0.2, 0.25) is 0 Å². The summed E-state index contributed by atoms with van der Waals surface area (Å²) >= 11 is 6.43. The lowest BCUT2D eigenvalue weighted by Crippen LogP contribution is -2.71. The summed E-state index contributed by atoms with van der Waals surface area (Å²) in [6.07, 6.45) is -7.20. The van der Waals surface area contributed by atoms with Gasteiger partial charge in [-0.1, -0.05) is 73.5 Å². The first-order chi connectivity index (χ1) is 49.8. The van der Waals surface area contributed by atoms with Crippen LogP contribution in [0.4, 0.5) is 26.3 Å². The zero-order chi connectivity index (χ0) is 80.3. The molecule has 0 aromatic carbocycles. The van der Waals surface area contributed by atoms with Gasteiger partial charge in [-0.15, -0.1) is 11.6 Å². The number of likely N-dealkylation sites (N-methyl/N-ethyl adjacent to an activating group) is 7. The molecular weight excluding hydrogens is 1430 g/mol. The summed E-state index contributed by atoms with van der Waals surface area (Å²) in [5.41, 5.74) is -2.28. The second kappa shape index (κ2) is 37.8. The van der Waals surface area contributed by atoms with Gasteiger partial charge in [0.25, 0.3) is 0 Å². The quantitative estimate of drug-likeness (QED) is 0.0906. The van der Waals surface area contributed by atoms with Crippen LogP contribution >= 0.6 is 11.6 Å². The number of amides is 12. The molecule has 0 aromatic rings. The molecule has 6 aliphatic rings. The molecule has 12 amide bonds. The molecule has 25 nitrogen and oxygen atoms in total. The fourth-order valence-corrected chi connectivity index (χ4v) is 17.3. The molecule has 3 unspecified atom stereocenters. The summed E-state index contributed by atoms with van der Waals surface area (Å²) in [4.78, 5) is 191. The minimum absolute atomic E-state index is 0.0315. The summed E-state index contributed by atoms with van der Waals surface area (Å²) in [6.45, 7) is 12.8. The van der Waals surface area contributed by atoms with Gasteiger partial charge in [0.1, 0.15) is 53.9 Å². The Hall–Kier alpha value is -6.79. The van der Waals surface area contributed by atoms with Crippen LogP contribution < -0.4 is 16.0 Å². The van der Waals surface area contributed by atoms with Gasteiger partial charge >= 0.3 is 12.4 Å². The highest BCUT2D eigenvalue weighted by Crippen LogP contribution is 2.50. The Morgan fingerprint density at radius 3 is 1.84 bits per heavy atom. The molecule has 32 heteroatoms. The number of hydrogen-bond donors (Lipinski definition) is 3. The fraction of sp³-hybridized carbons (Fsp3) is 0.813. The molecule has 2 bridgehead atoms. The Balaban J connectivity index is 1.49. The topological polar surface area (TPSA) is 279 Å². The molecule has 3 aliphatic heterocycles. The van der Waals surface area contributed by atoms with Gasteiger partial charge in [-0.3, -0.25) is 57.5 Å². The lowest BCUT2D eigenvalue weighted by atomic mass is 9.58. The second-order valence-electron chi connectivity index (χ2n) is 32.5. The van der Waals surface area contributed by atoms with Crippen LogP contribution in [0.25, 0.3) is 0 Å². The van der Waals surface area contributed by atoms with E-state index >= 15 is 28.8 Å². The molecule has 107 heavy (non-hydrogen) atoms. The SMILES string of the molecule is CCC[C@H]1C(=O)N[C@@H]([C@@H](C)CC)C(=O)N(C)CC(=O)N(C)[C@H]2C/C=C\CCN(C2=O)[C@@H](CC2CCC(C(F)(F)F)CC2)C(=O)N(C)CC(=O)N[C@@H](CCC2CCC(C(F)(F)F)C(Cl)C2)C(=O)N2C[C@H](OCC)C[C@H]2C(=O)NC2(CC(C)(C)C2)C(=O)N(C)[C@@H](CC(C)C)C(=O)N(C)[C@H](C(=O)N(C)C)CC(=O)N1C. The van der Waals surface area contributed by atoms with Gasteiger partial charge in [0.05, 0.1) is 37.5 Å². The number of ether oxygens (including phenoxy) is 1. The highest BCUT2D eigenvalue weighted by molar-refractivity contribution is 6.21. The molecule has 3 aliphatic carbocycles. The summed E-state index contributed by atoms with van der Waals surface area (Å²) in [6, 6.07) is -11.0. The van der Waals surface area contributed by atoms with E-state index in [-0.39, 0.29) is 135 Å². The van der Waals surface area contributed by atoms with Gasteiger partial charge < -0.3 is 64.8 Å². The Morgan fingerprint density at radius 1 is 0.654 bits per heavy atom. The van der Waals surface area contributed by atoms with Crippen LogP contribution in [0.3, 0.4) is 0 Å². The normalized spacial score (nSPS) is 31.0.